The van der Waals surface area contributed by atoms with Crippen molar-refractivity contribution in [3.05, 3.63) is 23.9 Å². The number of piperazine rings is 1. The molecule has 0 saturated carbocycles. The van der Waals surface area contributed by atoms with Crippen molar-refractivity contribution in [3.63, 3.8) is 0 Å². The Labute approximate surface area is 109 Å². The standard InChI is InChI=1S/C14H22N4/c1-17-7-9-18(10-8-17)14-5-4-12(11-16-14)13-3-2-6-15-13/h4-5,11,13,15H,2-3,6-10H2,1H3/t13-/m1/s1. The average molecular weight is 246 g/mol. The summed E-state index contributed by atoms with van der Waals surface area (Å²) in [6, 6.07) is 4.95. The molecule has 2 aliphatic heterocycles. The first-order valence-electron chi connectivity index (χ1n) is 6.96. The highest BCUT2D eigenvalue weighted by Crippen LogP contribution is 2.23. The number of nitrogens with one attached hydrogen (secondary N) is 1. The van der Waals surface area contributed by atoms with Gasteiger partial charge in [0.2, 0.25) is 0 Å². The second-order valence-corrected chi connectivity index (χ2v) is 5.39. The smallest absolute Gasteiger partial charge is 0.128 e. The van der Waals surface area contributed by atoms with E-state index in [4.69, 9.17) is 0 Å². The predicted octanol–water partition coefficient (Wildman–Crippen LogP) is 1.26. The van der Waals surface area contributed by atoms with E-state index in [0.717, 1.165) is 38.5 Å². The van der Waals surface area contributed by atoms with Gasteiger partial charge in [0.15, 0.2) is 0 Å². The molecule has 2 fully saturated rings. The summed E-state index contributed by atoms with van der Waals surface area (Å²) in [5.41, 5.74) is 1.34. The minimum Gasteiger partial charge on any atom is -0.354 e. The van der Waals surface area contributed by atoms with E-state index in [2.05, 4.69) is 45.5 Å². The molecule has 1 aromatic rings. The van der Waals surface area contributed by atoms with E-state index < -0.39 is 0 Å². The summed E-state index contributed by atoms with van der Waals surface area (Å²) in [4.78, 5) is 9.39. The van der Waals surface area contributed by atoms with Crippen molar-refractivity contribution in [1.82, 2.24) is 15.2 Å². The third-order valence-corrected chi connectivity index (χ3v) is 4.06. The summed E-state index contributed by atoms with van der Waals surface area (Å²) in [5.74, 6) is 1.13. The zero-order valence-corrected chi connectivity index (χ0v) is 11.1. The predicted molar refractivity (Wildman–Crippen MR) is 73.9 cm³/mol. The molecule has 1 atom stereocenters. The van der Waals surface area contributed by atoms with Crippen molar-refractivity contribution in [2.45, 2.75) is 18.9 Å². The number of aromatic nitrogens is 1. The first kappa shape index (κ1) is 11.9. The Morgan fingerprint density at radius 2 is 2.06 bits per heavy atom. The van der Waals surface area contributed by atoms with Gasteiger partial charge in [0.1, 0.15) is 5.82 Å². The molecule has 4 heteroatoms. The highest BCUT2D eigenvalue weighted by molar-refractivity contribution is 5.40. The zero-order valence-electron chi connectivity index (χ0n) is 11.1. The average Bonchev–Trinajstić information content (AvgIpc) is 2.94. The number of hydrogen-bond acceptors (Lipinski definition) is 4. The molecule has 4 nitrogen and oxygen atoms in total. The number of nitrogens with zero attached hydrogens (tertiary/aromatic N) is 3. The maximum absolute atomic E-state index is 4.64. The van der Waals surface area contributed by atoms with Gasteiger partial charge in [0, 0.05) is 38.4 Å². The lowest BCUT2D eigenvalue weighted by Gasteiger charge is -2.33. The molecule has 2 saturated heterocycles. The molecule has 1 aromatic heterocycles. The largest absolute Gasteiger partial charge is 0.354 e. The van der Waals surface area contributed by atoms with Crippen LogP contribution < -0.4 is 10.2 Å². The Morgan fingerprint density at radius 1 is 1.22 bits per heavy atom. The second-order valence-electron chi connectivity index (χ2n) is 5.39. The monoisotopic (exact) mass is 246 g/mol. The molecule has 98 valence electrons. The third kappa shape index (κ3) is 2.49. The summed E-state index contributed by atoms with van der Waals surface area (Å²) >= 11 is 0. The van der Waals surface area contributed by atoms with Crippen molar-refractivity contribution in [2.75, 3.05) is 44.7 Å². The Bertz CT molecular complexity index is 375. The summed E-state index contributed by atoms with van der Waals surface area (Å²) in [6.07, 6.45) is 4.58. The van der Waals surface area contributed by atoms with E-state index in [0.29, 0.717) is 6.04 Å². The van der Waals surface area contributed by atoms with Gasteiger partial charge >= 0.3 is 0 Å². The summed E-state index contributed by atoms with van der Waals surface area (Å²) in [7, 11) is 2.18. The molecule has 0 radical (unpaired) electrons. The molecule has 0 spiro atoms. The van der Waals surface area contributed by atoms with Gasteiger partial charge in [-0.3, -0.25) is 0 Å². The molecule has 0 bridgehead atoms. The van der Waals surface area contributed by atoms with Gasteiger partial charge in [-0.25, -0.2) is 4.98 Å². The van der Waals surface area contributed by atoms with Gasteiger partial charge in [-0.1, -0.05) is 6.07 Å². The fraction of sp³-hybridized carbons (Fsp3) is 0.643. The minimum absolute atomic E-state index is 0.527. The fourth-order valence-electron chi connectivity index (χ4n) is 2.80. The molecular formula is C14H22N4. The molecule has 0 unspecified atom stereocenters. The van der Waals surface area contributed by atoms with Crippen molar-refractivity contribution in [1.29, 1.82) is 0 Å². The van der Waals surface area contributed by atoms with Crippen LogP contribution in [0.4, 0.5) is 5.82 Å². The van der Waals surface area contributed by atoms with E-state index in [1.807, 2.05) is 0 Å². The number of anilines is 1. The van der Waals surface area contributed by atoms with E-state index >= 15 is 0 Å². The number of hydrogen-bond donors (Lipinski definition) is 1. The van der Waals surface area contributed by atoms with Crippen LogP contribution >= 0.6 is 0 Å². The highest BCUT2D eigenvalue weighted by Gasteiger charge is 2.18. The van der Waals surface area contributed by atoms with E-state index in [-0.39, 0.29) is 0 Å². The molecule has 0 amide bonds. The van der Waals surface area contributed by atoms with E-state index in [1.165, 1.54) is 18.4 Å². The topological polar surface area (TPSA) is 31.4 Å². The van der Waals surface area contributed by atoms with Crippen LogP contribution in [0.3, 0.4) is 0 Å². The minimum atomic E-state index is 0.527. The summed E-state index contributed by atoms with van der Waals surface area (Å²) in [5, 5.41) is 3.52. The SMILES string of the molecule is CN1CCN(c2ccc([C@H]3CCCN3)cn2)CC1. The summed E-state index contributed by atoms with van der Waals surface area (Å²) in [6.45, 7) is 5.58. The van der Waals surface area contributed by atoms with Gasteiger partial charge in [0.05, 0.1) is 0 Å². The molecule has 3 heterocycles. The van der Waals surface area contributed by atoms with Gasteiger partial charge in [-0.05, 0) is 38.1 Å². The zero-order chi connectivity index (χ0) is 12.4. The van der Waals surface area contributed by atoms with Crippen LogP contribution in [-0.4, -0.2) is 49.7 Å². The fourth-order valence-corrected chi connectivity index (χ4v) is 2.80. The number of rotatable bonds is 2. The normalized spacial score (nSPS) is 25.6. The molecule has 2 aliphatic rings. The second kappa shape index (κ2) is 5.24. The molecule has 3 rings (SSSR count). The molecule has 0 aliphatic carbocycles. The maximum atomic E-state index is 4.64. The molecule has 0 aromatic carbocycles. The van der Waals surface area contributed by atoms with E-state index in [1.54, 1.807) is 0 Å². The van der Waals surface area contributed by atoms with Gasteiger partial charge < -0.3 is 15.1 Å². The first-order valence-corrected chi connectivity index (χ1v) is 6.96. The Hall–Kier alpha value is -1.13. The summed E-state index contributed by atoms with van der Waals surface area (Å²) < 4.78 is 0. The van der Waals surface area contributed by atoms with Gasteiger partial charge in [0.25, 0.3) is 0 Å². The Morgan fingerprint density at radius 3 is 2.67 bits per heavy atom. The molecular weight excluding hydrogens is 224 g/mol. The highest BCUT2D eigenvalue weighted by atomic mass is 15.3. The number of likely N-dealkylation sites (N-methyl/N-ethyl adjacent to an activating group) is 1. The Kier molecular flexibility index (Phi) is 3.48. The van der Waals surface area contributed by atoms with Crippen molar-refractivity contribution in [3.8, 4) is 0 Å². The quantitative estimate of drug-likeness (QED) is 0.851. The third-order valence-electron chi connectivity index (χ3n) is 4.06. The van der Waals surface area contributed by atoms with Crippen molar-refractivity contribution in [2.24, 2.45) is 0 Å². The Balaban J connectivity index is 1.67. The van der Waals surface area contributed by atoms with Gasteiger partial charge in [-0.15, -0.1) is 0 Å². The number of pyridine rings is 1. The van der Waals surface area contributed by atoms with E-state index in [9.17, 15) is 0 Å². The van der Waals surface area contributed by atoms with Gasteiger partial charge in [-0.2, -0.15) is 0 Å². The van der Waals surface area contributed by atoms with Crippen LogP contribution in [-0.2, 0) is 0 Å². The first-order chi connectivity index (χ1) is 8.83. The lowest BCUT2D eigenvalue weighted by atomic mass is 10.1. The van der Waals surface area contributed by atoms with Crippen LogP contribution in [0.5, 0.6) is 0 Å². The lowest BCUT2D eigenvalue weighted by Crippen LogP contribution is -2.44. The van der Waals surface area contributed by atoms with Crippen LogP contribution in [0.1, 0.15) is 24.4 Å². The van der Waals surface area contributed by atoms with Crippen LogP contribution in [0.25, 0.3) is 0 Å². The molecule has 18 heavy (non-hydrogen) atoms. The van der Waals surface area contributed by atoms with Crippen LogP contribution in [0.2, 0.25) is 0 Å². The lowest BCUT2D eigenvalue weighted by molar-refractivity contribution is 0.312. The van der Waals surface area contributed by atoms with Crippen LogP contribution in [0, 0.1) is 0 Å². The van der Waals surface area contributed by atoms with Crippen molar-refractivity contribution >= 4 is 5.82 Å². The maximum Gasteiger partial charge on any atom is 0.128 e. The molecule has 1 N–H and O–H groups in total. The van der Waals surface area contributed by atoms with Crippen LogP contribution in [0.15, 0.2) is 18.3 Å². The van der Waals surface area contributed by atoms with Crippen molar-refractivity contribution < 1.29 is 0 Å².